The number of amides is 2. The Bertz CT molecular complexity index is 1080. The molecule has 2 heterocycles. The summed E-state index contributed by atoms with van der Waals surface area (Å²) in [5.74, 6) is 0.0891. The van der Waals surface area contributed by atoms with Crippen LogP contribution in [0.5, 0.6) is 0 Å². The first kappa shape index (κ1) is 20.1. The molecule has 0 radical (unpaired) electrons. The molecule has 0 saturated heterocycles. The Kier molecular flexibility index (Phi) is 5.85. The Balaban J connectivity index is 1.80. The summed E-state index contributed by atoms with van der Waals surface area (Å²) in [6, 6.07) is 4.91. The van der Waals surface area contributed by atoms with Crippen molar-refractivity contribution in [2.24, 2.45) is 0 Å². The maximum atomic E-state index is 12.6. The van der Waals surface area contributed by atoms with Gasteiger partial charge in [-0.05, 0) is 38.3 Å². The number of aromatic nitrogens is 4. The second-order valence-electron chi connectivity index (χ2n) is 6.17. The van der Waals surface area contributed by atoms with Gasteiger partial charge in [-0.2, -0.15) is 4.98 Å². The number of fused-ring (bicyclic) bond motifs is 1. The van der Waals surface area contributed by atoms with Gasteiger partial charge in [0.1, 0.15) is 0 Å². The van der Waals surface area contributed by atoms with E-state index in [1.54, 1.807) is 22.7 Å². The molecule has 10 heteroatoms. The van der Waals surface area contributed by atoms with Crippen LogP contribution in [-0.2, 0) is 16.0 Å². The van der Waals surface area contributed by atoms with Gasteiger partial charge in [0.15, 0.2) is 0 Å². The number of halogens is 1. The lowest BCUT2D eigenvalue weighted by Crippen LogP contribution is -2.18. The number of thioether (sulfide) groups is 1. The van der Waals surface area contributed by atoms with Crippen molar-refractivity contribution >= 4 is 52.3 Å². The van der Waals surface area contributed by atoms with Crippen molar-refractivity contribution in [3.05, 3.63) is 40.2 Å². The Morgan fingerprint density at radius 2 is 1.96 bits per heavy atom. The molecule has 2 aromatic heterocycles. The van der Waals surface area contributed by atoms with Gasteiger partial charge in [-0.25, -0.2) is 9.50 Å². The summed E-state index contributed by atoms with van der Waals surface area (Å²) in [7, 11) is 0. The topological polar surface area (TPSA) is 101 Å². The molecule has 3 rings (SSSR count). The molecule has 146 valence electrons. The van der Waals surface area contributed by atoms with Gasteiger partial charge in [0.05, 0.1) is 17.1 Å². The van der Waals surface area contributed by atoms with Gasteiger partial charge < -0.3 is 10.6 Å². The minimum atomic E-state index is -0.230. The van der Waals surface area contributed by atoms with Crippen LogP contribution in [0.15, 0.2) is 23.4 Å². The van der Waals surface area contributed by atoms with Crippen LogP contribution in [0, 0.1) is 13.8 Å². The van der Waals surface area contributed by atoms with Gasteiger partial charge in [-0.3, -0.25) is 9.59 Å². The third-order valence-corrected chi connectivity index (χ3v) is 4.96. The van der Waals surface area contributed by atoms with Gasteiger partial charge in [-0.1, -0.05) is 23.4 Å². The molecule has 28 heavy (non-hydrogen) atoms. The van der Waals surface area contributed by atoms with E-state index in [1.807, 2.05) is 20.1 Å². The fourth-order valence-electron chi connectivity index (χ4n) is 2.78. The van der Waals surface area contributed by atoms with Gasteiger partial charge in [0.25, 0.3) is 5.78 Å². The van der Waals surface area contributed by atoms with Crippen molar-refractivity contribution in [2.45, 2.75) is 32.3 Å². The highest BCUT2D eigenvalue weighted by Crippen LogP contribution is 2.26. The quantitative estimate of drug-likeness (QED) is 0.617. The number of nitrogens with one attached hydrogen (secondary N) is 2. The molecule has 0 aliphatic heterocycles. The molecule has 2 amide bonds. The first-order valence-corrected chi connectivity index (χ1v) is 10.0. The van der Waals surface area contributed by atoms with Gasteiger partial charge >= 0.3 is 0 Å². The normalized spacial score (nSPS) is 10.9. The van der Waals surface area contributed by atoms with E-state index < -0.39 is 0 Å². The highest BCUT2D eigenvalue weighted by molar-refractivity contribution is 7.98. The number of nitrogens with zero attached hydrogens (tertiary/aromatic N) is 4. The molecular formula is C18H19ClN6O2S. The van der Waals surface area contributed by atoms with Crippen molar-refractivity contribution in [1.29, 1.82) is 0 Å². The predicted molar refractivity (Wildman–Crippen MR) is 110 cm³/mol. The highest BCUT2D eigenvalue weighted by Gasteiger charge is 2.16. The lowest BCUT2D eigenvalue weighted by atomic mass is 10.1. The van der Waals surface area contributed by atoms with Crippen molar-refractivity contribution in [2.75, 3.05) is 16.9 Å². The molecule has 0 atom stereocenters. The lowest BCUT2D eigenvalue weighted by Gasteiger charge is -2.12. The summed E-state index contributed by atoms with van der Waals surface area (Å²) in [5.41, 5.74) is 3.36. The highest BCUT2D eigenvalue weighted by atomic mass is 35.5. The number of carbonyl (C=O) groups is 2. The number of rotatable bonds is 5. The Labute approximate surface area is 171 Å². The van der Waals surface area contributed by atoms with Crippen LogP contribution in [0.1, 0.15) is 23.9 Å². The predicted octanol–water partition coefficient (Wildman–Crippen LogP) is 3.26. The molecule has 0 aliphatic rings. The summed E-state index contributed by atoms with van der Waals surface area (Å²) < 4.78 is 1.65. The number of benzene rings is 1. The fraction of sp³-hybridized carbons (Fsp3) is 0.278. The third kappa shape index (κ3) is 4.26. The van der Waals surface area contributed by atoms with Crippen LogP contribution >= 0.6 is 23.4 Å². The first-order chi connectivity index (χ1) is 13.3. The van der Waals surface area contributed by atoms with Crippen molar-refractivity contribution in [3.8, 4) is 0 Å². The third-order valence-electron chi connectivity index (χ3n) is 4.11. The molecule has 3 aromatic rings. The van der Waals surface area contributed by atoms with Crippen LogP contribution in [-0.4, -0.2) is 37.7 Å². The SMILES string of the molecule is CSc1nc2nc(C)c(CC(=O)Nc3ccc(NC(C)=O)cc3Cl)c(C)n2n1. The average molecular weight is 419 g/mol. The Hall–Kier alpha value is -2.65. The molecule has 1 aromatic carbocycles. The molecule has 0 unspecified atom stereocenters. The zero-order chi connectivity index (χ0) is 20.4. The molecule has 0 bridgehead atoms. The standard InChI is InChI=1S/C18H19ClN6O2S/c1-9-13(10(2)25-17(20-9)23-18(24-25)28-4)8-16(27)22-15-6-5-12(7-14(15)19)21-11(3)26/h5-7H,8H2,1-4H3,(H,21,26)(H,22,27). The van der Waals surface area contributed by atoms with Crippen LogP contribution in [0.25, 0.3) is 5.78 Å². The maximum absolute atomic E-state index is 12.6. The van der Waals surface area contributed by atoms with Crippen LogP contribution < -0.4 is 10.6 Å². The summed E-state index contributed by atoms with van der Waals surface area (Å²) in [4.78, 5) is 32.5. The van der Waals surface area contributed by atoms with Gasteiger partial charge in [-0.15, -0.1) is 5.10 Å². The number of aryl methyl sites for hydroxylation is 2. The average Bonchev–Trinajstić information content (AvgIpc) is 3.04. The zero-order valence-corrected chi connectivity index (χ0v) is 17.4. The molecule has 8 nitrogen and oxygen atoms in total. The molecule has 0 spiro atoms. The minimum absolute atomic E-state index is 0.124. The van der Waals surface area contributed by atoms with Crippen molar-refractivity contribution in [3.63, 3.8) is 0 Å². The Morgan fingerprint density at radius 1 is 1.21 bits per heavy atom. The van der Waals surface area contributed by atoms with E-state index >= 15 is 0 Å². The second-order valence-corrected chi connectivity index (χ2v) is 7.35. The number of hydrogen-bond donors (Lipinski definition) is 2. The number of carbonyl (C=O) groups excluding carboxylic acids is 2. The number of anilines is 2. The van der Waals surface area contributed by atoms with E-state index in [0.29, 0.717) is 27.3 Å². The van der Waals surface area contributed by atoms with Crippen molar-refractivity contribution in [1.82, 2.24) is 19.6 Å². The number of hydrogen-bond acceptors (Lipinski definition) is 6. The molecular weight excluding hydrogens is 400 g/mol. The summed E-state index contributed by atoms with van der Waals surface area (Å²) >= 11 is 7.65. The summed E-state index contributed by atoms with van der Waals surface area (Å²) in [6.45, 7) is 5.15. The van der Waals surface area contributed by atoms with Gasteiger partial charge in [0, 0.05) is 29.6 Å². The maximum Gasteiger partial charge on any atom is 0.253 e. The van der Waals surface area contributed by atoms with E-state index in [9.17, 15) is 9.59 Å². The summed E-state index contributed by atoms with van der Waals surface area (Å²) in [5, 5.41) is 10.8. The van der Waals surface area contributed by atoms with E-state index in [4.69, 9.17) is 11.6 Å². The van der Waals surface area contributed by atoms with E-state index in [0.717, 1.165) is 17.0 Å². The molecule has 0 aliphatic carbocycles. The largest absolute Gasteiger partial charge is 0.326 e. The molecule has 0 fully saturated rings. The van der Waals surface area contributed by atoms with E-state index in [-0.39, 0.29) is 18.2 Å². The monoisotopic (exact) mass is 418 g/mol. The van der Waals surface area contributed by atoms with Crippen LogP contribution in [0.2, 0.25) is 5.02 Å². The first-order valence-electron chi connectivity index (χ1n) is 8.42. The second kappa shape index (κ2) is 8.15. The fourth-order valence-corrected chi connectivity index (χ4v) is 3.35. The van der Waals surface area contributed by atoms with Gasteiger partial charge in [0.2, 0.25) is 17.0 Å². The van der Waals surface area contributed by atoms with E-state index in [1.165, 1.54) is 18.7 Å². The smallest absolute Gasteiger partial charge is 0.253 e. The summed E-state index contributed by atoms with van der Waals surface area (Å²) in [6.07, 6.45) is 2.02. The zero-order valence-electron chi connectivity index (χ0n) is 15.8. The van der Waals surface area contributed by atoms with Crippen LogP contribution in [0.4, 0.5) is 11.4 Å². The molecule has 2 N–H and O–H groups in total. The lowest BCUT2D eigenvalue weighted by molar-refractivity contribution is -0.116. The van der Waals surface area contributed by atoms with Crippen LogP contribution in [0.3, 0.4) is 0 Å². The minimum Gasteiger partial charge on any atom is -0.326 e. The Morgan fingerprint density at radius 3 is 2.61 bits per heavy atom. The molecule has 0 saturated carbocycles. The van der Waals surface area contributed by atoms with E-state index in [2.05, 4.69) is 25.7 Å². The van der Waals surface area contributed by atoms with Crippen molar-refractivity contribution < 1.29 is 9.59 Å².